The topological polar surface area (TPSA) is 84.0 Å². The van der Waals surface area contributed by atoms with Crippen molar-refractivity contribution in [3.8, 4) is 5.88 Å². The van der Waals surface area contributed by atoms with E-state index in [1.807, 2.05) is 6.07 Å². The third kappa shape index (κ3) is 2.79. The lowest BCUT2D eigenvalue weighted by atomic mass is 10.3. The molecule has 1 N–H and O–H groups in total. The molecule has 3 heterocycles. The number of nitrogens with zero attached hydrogens (tertiary/aromatic N) is 4. The van der Waals surface area contributed by atoms with E-state index in [1.54, 1.807) is 17.2 Å². The minimum atomic E-state index is -0.155. The van der Waals surface area contributed by atoms with Crippen LogP contribution >= 0.6 is 15.9 Å². The highest BCUT2D eigenvalue weighted by Gasteiger charge is 2.29. The number of ether oxygens (including phenoxy) is 1. The van der Waals surface area contributed by atoms with Gasteiger partial charge in [-0.3, -0.25) is 9.89 Å². The molecule has 0 aliphatic carbocycles. The van der Waals surface area contributed by atoms with Crippen molar-refractivity contribution in [3.63, 3.8) is 0 Å². The molecule has 7 nitrogen and oxygen atoms in total. The van der Waals surface area contributed by atoms with Crippen LogP contribution in [0.5, 0.6) is 5.88 Å². The van der Waals surface area contributed by atoms with Gasteiger partial charge in [0.25, 0.3) is 5.91 Å². The molecule has 1 aliphatic rings. The Hall–Kier alpha value is -1.96. The largest absolute Gasteiger partial charge is 0.472 e. The maximum absolute atomic E-state index is 12.1. The fourth-order valence-electron chi connectivity index (χ4n) is 2.07. The number of carbonyl (C=O) groups is 1. The van der Waals surface area contributed by atoms with Gasteiger partial charge in [-0.05, 0) is 22.0 Å². The highest BCUT2D eigenvalue weighted by Crippen LogP contribution is 2.19. The van der Waals surface area contributed by atoms with Crippen LogP contribution in [0.4, 0.5) is 0 Å². The van der Waals surface area contributed by atoms with Gasteiger partial charge in [0.1, 0.15) is 12.4 Å². The Morgan fingerprint density at radius 2 is 2.35 bits per heavy atom. The number of hydrogen-bond acceptors (Lipinski definition) is 5. The molecule has 0 spiro atoms. The molecule has 0 radical (unpaired) electrons. The van der Waals surface area contributed by atoms with Crippen molar-refractivity contribution in [2.75, 3.05) is 13.1 Å². The molecule has 3 rings (SSSR count). The summed E-state index contributed by atoms with van der Waals surface area (Å²) < 4.78 is 6.66. The van der Waals surface area contributed by atoms with Crippen LogP contribution in [0.2, 0.25) is 0 Å². The molecule has 2 aromatic heterocycles. The highest BCUT2D eigenvalue weighted by molar-refractivity contribution is 9.10. The molecule has 0 saturated carbocycles. The molecule has 0 bridgehead atoms. The van der Waals surface area contributed by atoms with E-state index in [0.717, 1.165) is 10.9 Å². The summed E-state index contributed by atoms with van der Waals surface area (Å²) in [6, 6.07) is 3.67. The Morgan fingerprint density at radius 3 is 3.05 bits per heavy atom. The van der Waals surface area contributed by atoms with E-state index in [1.165, 1.54) is 6.33 Å². The van der Waals surface area contributed by atoms with Crippen molar-refractivity contribution in [1.82, 2.24) is 25.1 Å². The van der Waals surface area contributed by atoms with Gasteiger partial charge in [-0.1, -0.05) is 0 Å². The molecule has 8 heteroatoms. The first-order valence-electron chi connectivity index (χ1n) is 6.15. The summed E-state index contributed by atoms with van der Waals surface area (Å²) in [5, 5.41) is 6.25. The molecule has 1 saturated heterocycles. The summed E-state index contributed by atoms with van der Waals surface area (Å²) in [6.45, 7) is 1.16. The molecule has 104 valence electrons. The zero-order chi connectivity index (χ0) is 13.9. The van der Waals surface area contributed by atoms with E-state index >= 15 is 0 Å². The average Bonchev–Trinajstić information content (AvgIpc) is 3.12. The lowest BCUT2D eigenvalue weighted by molar-refractivity contribution is 0.0759. The van der Waals surface area contributed by atoms with Crippen LogP contribution in [0.25, 0.3) is 0 Å². The van der Waals surface area contributed by atoms with Gasteiger partial charge in [-0.25, -0.2) is 9.97 Å². The Balaban J connectivity index is 1.59. The Bertz CT molecular complexity index is 586. The van der Waals surface area contributed by atoms with Gasteiger partial charge in [0.05, 0.1) is 6.54 Å². The molecule has 1 aliphatic heterocycles. The smallest absolute Gasteiger partial charge is 0.291 e. The minimum Gasteiger partial charge on any atom is -0.472 e. The minimum absolute atomic E-state index is 0.0458. The van der Waals surface area contributed by atoms with Crippen molar-refractivity contribution in [1.29, 1.82) is 0 Å². The van der Waals surface area contributed by atoms with Crippen LogP contribution in [-0.4, -0.2) is 50.2 Å². The van der Waals surface area contributed by atoms with Gasteiger partial charge in [0, 0.05) is 29.7 Å². The normalized spacial score (nSPS) is 18.2. The predicted molar refractivity (Wildman–Crippen MR) is 73.3 cm³/mol. The van der Waals surface area contributed by atoms with Crippen molar-refractivity contribution >= 4 is 21.8 Å². The monoisotopic (exact) mass is 337 g/mol. The number of carbonyl (C=O) groups excluding carboxylic acids is 1. The number of pyridine rings is 1. The van der Waals surface area contributed by atoms with Crippen molar-refractivity contribution < 1.29 is 9.53 Å². The van der Waals surface area contributed by atoms with Gasteiger partial charge in [0.15, 0.2) is 0 Å². The summed E-state index contributed by atoms with van der Waals surface area (Å²) in [5.74, 6) is 0.664. The molecule has 2 aromatic rings. The highest BCUT2D eigenvalue weighted by atomic mass is 79.9. The second-order valence-electron chi connectivity index (χ2n) is 4.43. The average molecular weight is 338 g/mol. The number of halogens is 1. The molecule has 0 aromatic carbocycles. The summed E-state index contributed by atoms with van der Waals surface area (Å²) in [4.78, 5) is 21.8. The number of aromatic amines is 1. The molecular formula is C12H12BrN5O2. The molecule has 1 fully saturated rings. The molecule has 1 atom stereocenters. The quantitative estimate of drug-likeness (QED) is 0.911. The number of H-pyrrole nitrogens is 1. The lowest BCUT2D eigenvalue weighted by Crippen LogP contribution is -2.31. The van der Waals surface area contributed by atoms with Gasteiger partial charge in [0.2, 0.25) is 11.7 Å². The third-order valence-corrected chi connectivity index (χ3v) is 3.51. The third-order valence-electron chi connectivity index (χ3n) is 3.04. The maximum Gasteiger partial charge on any atom is 0.291 e. The van der Waals surface area contributed by atoms with Gasteiger partial charge >= 0.3 is 0 Å². The Labute approximate surface area is 123 Å². The van der Waals surface area contributed by atoms with Gasteiger partial charge in [-0.15, -0.1) is 0 Å². The summed E-state index contributed by atoms with van der Waals surface area (Å²) in [6.07, 6.45) is 3.73. The Morgan fingerprint density at radius 1 is 1.45 bits per heavy atom. The van der Waals surface area contributed by atoms with E-state index in [4.69, 9.17) is 4.74 Å². The molecule has 1 amide bonds. The molecule has 1 unspecified atom stereocenters. The van der Waals surface area contributed by atoms with Gasteiger partial charge in [-0.2, -0.15) is 5.10 Å². The number of aromatic nitrogens is 4. The number of hydrogen-bond donors (Lipinski definition) is 1. The summed E-state index contributed by atoms with van der Waals surface area (Å²) >= 11 is 3.32. The van der Waals surface area contributed by atoms with Crippen LogP contribution in [-0.2, 0) is 0 Å². The van der Waals surface area contributed by atoms with Crippen molar-refractivity contribution in [2.45, 2.75) is 12.5 Å². The van der Waals surface area contributed by atoms with E-state index in [0.29, 0.717) is 19.0 Å². The number of likely N-dealkylation sites (tertiary alicyclic amines) is 1. The van der Waals surface area contributed by atoms with Crippen molar-refractivity contribution in [3.05, 3.63) is 35.0 Å². The fourth-order valence-corrected chi connectivity index (χ4v) is 2.30. The Kier molecular flexibility index (Phi) is 3.64. The second kappa shape index (κ2) is 5.58. The standard InChI is InChI=1S/C12H12BrN5O2/c13-8-1-2-10(14-5-8)20-9-3-4-18(6-9)12(19)11-15-7-16-17-11/h1-2,5,7,9H,3-4,6H2,(H,15,16,17). The number of nitrogens with one attached hydrogen (secondary N) is 1. The lowest BCUT2D eigenvalue weighted by Gasteiger charge is -2.15. The molecular weight excluding hydrogens is 326 g/mol. The van der Waals surface area contributed by atoms with E-state index in [-0.39, 0.29) is 17.8 Å². The maximum atomic E-state index is 12.1. The van der Waals surface area contributed by atoms with E-state index in [2.05, 4.69) is 36.1 Å². The fraction of sp³-hybridized carbons (Fsp3) is 0.333. The SMILES string of the molecule is O=C(c1ncn[nH]1)N1CCC(Oc2ccc(Br)cn2)C1. The first-order valence-corrected chi connectivity index (χ1v) is 6.94. The van der Waals surface area contributed by atoms with E-state index in [9.17, 15) is 4.79 Å². The zero-order valence-corrected chi connectivity index (χ0v) is 12.1. The van der Waals surface area contributed by atoms with Crippen LogP contribution in [0.15, 0.2) is 29.1 Å². The zero-order valence-electron chi connectivity index (χ0n) is 10.5. The van der Waals surface area contributed by atoms with Crippen molar-refractivity contribution in [2.24, 2.45) is 0 Å². The van der Waals surface area contributed by atoms with Crippen LogP contribution in [0.3, 0.4) is 0 Å². The van der Waals surface area contributed by atoms with E-state index < -0.39 is 0 Å². The summed E-state index contributed by atoms with van der Waals surface area (Å²) in [7, 11) is 0. The number of rotatable bonds is 3. The predicted octanol–water partition coefficient (Wildman–Crippen LogP) is 1.26. The van der Waals surface area contributed by atoms with Crippen LogP contribution in [0, 0.1) is 0 Å². The first kappa shape index (κ1) is 13.0. The van der Waals surface area contributed by atoms with Gasteiger partial charge < -0.3 is 9.64 Å². The van der Waals surface area contributed by atoms with Crippen LogP contribution < -0.4 is 4.74 Å². The number of amides is 1. The first-order chi connectivity index (χ1) is 9.72. The summed E-state index contributed by atoms with van der Waals surface area (Å²) in [5.41, 5.74) is 0. The second-order valence-corrected chi connectivity index (χ2v) is 5.34. The van der Waals surface area contributed by atoms with Crippen LogP contribution in [0.1, 0.15) is 17.0 Å². The molecule has 20 heavy (non-hydrogen) atoms.